The third-order valence-corrected chi connectivity index (χ3v) is 2.10. The molecule has 0 aromatic carbocycles. The quantitative estimate of drug-likeness (QED) is 0.512. The maximum Gasteiger partial charge on any atom is -0.0257 e. The lowest BCUT2D eigenvalue weighted by atomic mass is 9.96. The van der Waals surface area contributed by atoms with Crippen LogP contribution in [-0.4, -0.2) is 0 Å². The number of rotatable bonds is 2. The van der Waals surface area contributed by atoms with Gasteiger partial charge in [-0.2, -0.15) is 0 Å². The molecule has 0 unspecified atom stereocenters. The van der Waals surface area contributed by atoms with E-state index in [2.05, 4.69) is 41.2 Å². The Labute approximate surface area is 64.6 Å². The second kappa shape index (κ2) is 3.60. The zero-order valence-electron chi connectivity index (χ0n) is 7.78. The van der Waals surface area contributed by atoms with Gasteiger partial charge in [0.15, 0.2) is 0 Å². The molecule has 58 valence electrons. The minimum Gasteiger partial charge on any atom is -0.0959 e. The van der Waals surface area contributed by atoms with Crippen LogP contribution in [-0.2, 0) is 0 Å². The first kappa shape index (κ1) is 9.48. The van der Waals surface area contributed by atoms with Crippen LogP contribution in [0.1, 0.15) is 34.6 Å². The topological polar surface area (TPSA) is 0 Å². The lowest BCUT2D eigenvalue weighted by molar-refractivity contribution is 0.758. The second-order valence-corrected chi connectivity index (χ2v) is 3.24. The summed E-state index contributed by atoms with van der Waals surface area (Å²) in [4.78, 5) is 0. The molecule has 10 heavy (non-hydrogen) atoms. The van der Waals surface area contributed by atoms with E-state index in [-0.39, 0.29) is 0 Å². The summed E-state index contributed by atoms with van der Waals surface area (Å²) in [6.07, 6.45) is 0. The van der Waals surface area contributed by atoms with Crippen LogP contribution in [0.3, 0.4) is 0 Å². The molecule has 0 aromatic rings. The van der Waals surface area contributed by atoms with Gasteiger partial charge in [0.1, 0.15) is 0 Å². The van der Waals surface area contributed by atoms with Crippen LogP contribution in [0.25, 0.3) is 0 Å². The summed E-state index contributed by atoms with van der Waals surface area (Å²) >= 11 is 0. The van der Waals surface area contributed by atoms with Crippen LogP contribution in [0, 0.1) is 5.92 Å². The predicted octanol–water partition coefficient (Wildman–Crippen LogP) is 3.55. The van der Waals surface area contributed by atoms with Crippen molar-refractivity contribution < 1.29 is 0 Å². The molecular formula is C10H18. The van der Waals surface area contributed by atoms with Gasteiger partial charge in [0.2, 0.25) is 0 Å². The van der Waals surface area contributed by atoms with E-state index in [9.17, 15) is 0 Å². The first-order valence-corrected chi connectivity index (χ1v) is 3.80. The minimum atomic E-state index is 0.650. The lowest BCUT2D eigenvalue weighted by Crippen LogP contribution is -1.93. The molecule has 0 aliphatic rings. The molecule has 0 aromatic heterocycles. The van der Waals surface area contributed by atoms with Crippen molar-refractivity contribution in [2.75, 3.05) is 0 Å². The normalized spacial score (nSPS) is 13.4. The van der Waals surface area contributed by atoms with Gasteiger partial charge in [-0.25, -0.2) is 0 Å². The summed E-state index contributed by atoms with van der Waals surface area (Å²) in [5.41, 5.74) is 3.99. The molecule has 0 N–H and O–H groups in total. The fraction of sp³-hybridized carbons (Fsp3) is 0.600. The Hall–Kier alpha value is -0.520. The van der Waals surface area contributed by atoms with Crippen LogP contribution in [0.15, 0.2) is 23.3 Å². The summed E-state index contributed by atoms with van der Waals surface area (Å²) in [6.45, 7) is 14.7. The van der Waals surface area contributed by atoms with Crippen molar-refractivity contribution in [3.63, 3.8) is 0 Å². The number of hydrogen-bond donors (Lipinski definition) is 0. The summed E-state index contributed by atoms with van der Waals surface area (Å²) in [5, 5.41) is 0. The zero-order chi connectivity index (χ0) is 8.31. The van der Waals surface area contributed by atoms with E-state index >= 15 is 0 Å². The predicted molar refractivity (Wildman–Crippen MR) is 48.0 cm³/mol. The molecule has 0 heteroatoms. The molecule has 0 fully saturated rings. The second-order valence-electron chi connectivity index (χ2n) is 3.24. The van der Waals surface area contributed by atoms with Gasteiger partial charge in [0.05, 0.1) is 0 Å². The average Bonchev–Trinajstić information content (AvgIpc) is 1.84. The van der Waals surface area contributed by atoms with Crippen molar-refractivity contribution in [1.29, 1.82) is 0 Å². The van der Waals surface area contributed by atoms with Gasteiger partial charge in [-0.1, -0.05) is 31.6 Å². The van der Waals surface area contributed by atoms with E-state index in [1.165, 1.54) is 16.7 Å². The average molecular weight is 138 g/mol. The molecule has 0 atom stereocenters. The van der Waals surface area contributed by atoms with Gasteiger partial charge in [-0.05, 0) is 32.3 Å². The highest BCUT2D eigenvalue weighted by atomic mass is 14.1. The van der Waals surface area contributed by atoms with Crippen molar-refractivity contribution in [2.24, 2.45) is 5.92 Å². The molecular weight excluding hydrogens is 120 g/mol. The van der Waals surface area contributed by atoms with E-state index in [0.29, 0.717) is 5.92 Å². The fourth-order valence-corrected chi connectivity index (χ4v) is 0.770. The van der Waals surface area contributed by atoms with Gasteiger partial charge in [-0.3, -0.25) is 0 Å². The Balaban J connectivity index is 4.50. The van der Waals surface area contributed by atoms with Gasteiger partial charge >= 0.3 is 0 Å². The van der Waals surface area contributed by atoms with E-state index in [4.69, 9.17) is 0 Å². The van der Waals surface area contributed by atoms with Crippen molar-refractivity contribution in [3.8, 4) is 0 Å². The minimum absolute atomic E-state index is 0.650. The van der Waals surface area contributed by atoms with Gasteiger partial charge < -0.3 is 0 Å². The molecule has 0 saturated heterocycles. The summed E-state index contributed by atoms with van der Waals surface area (Å²) in [6, 6.07) is 0. The molecule has 0 aliphatic heterocycles. The maximum absolute atomic E-state index is 3.90. The molecule has 0 rings (SSSR count). The molecule has 0 aliphatic carbocycles. The van der Waals surface area contributed by atoms with Crippen molar-refractivity contribution >= 4 is 0 Å². The highest BCUT2D eigenvalue weighted by molar-refractivity contribution is 5.29. The molecule has 0 heterocycles. The van der Waals surface area contributed by atoms with E-state index < -0.39 is 0 Å². The summed E-state index contributed by atoms with van der Waals surface area (Å²) in [5.74, 6) is 0.650. The molecule has 0 radical (unpaired) electrons. The van der Waals surface area contributed by atoms with E-state index in [0.717, 1.165) is 0 Å². The monoisotopic (exact) mass is 138 g/mol. The Morgan fingerprint density at radius 3 is 1.60 bits per heavy atom. The number of hydrogen-bond acceptors (Lipinski definition) is 0. The van der Waals surface area contributed by atoms with Crippen LogP contribution in [0.4, 0.5) is 0 Å². The van der Waals surface area contributed by atoms with Crippen molar-refractivity contribution in [2.45, 2.75) is 34.6 Å². The molecule has 0 spiro atoms. The number of allylic oxidation sites excluding steroid dienone is 3. The summed E-state index contributed by atoms with van der Waals surface area (Å²) in [7, 11) is 0. The Morgan fingerprint density at radius 1 is 1.10 bits per heavy atom. The Bertz CT molecular complexity index is 159. The van der Waals surface area contributed by atoms with Gasteiger partial charge in [0.25, 0.3) is 0 Å². The maximum atomic E-state index is 3.90. The highest BCUT2D eigenvalue weighted by Crippen LogP contribution is 2.18. The smallest absolute Gasteiger partial charge is 0.0257 e. The molecule has 0 amide bonds. The van der Waals surface area contributed by atoms with E-state index in [1.54, 1.807) is 0 Å². The molecule has 0 nitrogen and oxygen atoms in total. The first-order chi connectivity index (χ1) is 4.46. The standard InChI is InChI=1S/C10H18/c1-7(2)9(5)10(6)8(3)4/h8H,1H2,2-6H3/b10-9-. The largest absolute Gasteiger partial charge is 0.0959 e. The third-order valence-electron chi connectivity index (χ3n) is 2.10. The Kier molecular flexibility index (Phi) is 3.41. The zero-order valence-corrected chi connectivity index (χ0v) is 7.78. The van der Waals surface area contributed by atoms with Crippen molar-refractivity contribution in [3.05, 3.63) is 23.3 Å². The Morgan fingerprint density at radius 2 is 1.50 bits per heavy atom. The van der Waals surface area contributed by atoms with Crippen LogP contribution in [0.2, 0.25) is 0 Å². The van der Waals surface area contributed by atoms with Crippen molar-refractivity contribution in [1.82, 2.24) is 0 Å². The lowest BCUT2D eigenvalue weighted by Gasteiger charge is -2.10. The molecule has 0 saturated carbocycles. The van der Waals surface area contributed by atoms with Gasteiger partial charge in [-0.15, -0.1) is 0 Å². The van der Waals surface area contributed by atoms with Crippen LogP contribution in [0.5, 0.6) is 0 Å². The third kappa shape index (κ3) is 2.38. The SMILES string of the molecule is C=C(C)/C(C)=C(/C)C(C)C. The molecule has 0 bridgehead atoms. The van der Waals surface area contributed by atoms with Gasteiger partial charge in [0, 0.05) is 0 Å². The summed E-state index contributed by atoms with van der Waals surface area (Å²) < 4.78 is 0. The fourth-order valence-electron chi connectivity index (χ4n) is 0.770. The highest BCUT2D eigenvalue weighted by Gasteiger charge is 2.00. The van der Waals surface area contributed by atoms with E-state index in [1.807, 2.05) is 0 Å². The van der Waals surface area contributed by atoms with Crippen LogP contribution >= 0.6 is 0 Å². The van der Waals surface area contributed by atoms with Crippen LogP contribution < -0.4 is 0 Å². The first-order valence-electron chi connectivity index (χ1n) is 3.80.